The van der Waals surface area contributed by atoms with Crippen LogP contribution in [0.5, 0.6) is 0 Å². The molecular formula is C17H14N8O. The summed E-state index contributed by atoms with van der Waals surface area (Å²) in [6.07, 6.45) is 3.33. The highest BCUT2D eigenvalue weighted by molar-refractivity contribution is 5.90. The molecule has 0 saturated heterocycles. The first-order valence-corrected chi connectivity index (χ1v) is 8.24. The standard InChI is InChI=1S/C17H14N8O/c26-16(14-19-17-18-7-4-8-25(17)22-14)23-9-10-24-13(11-23)20-21-15(24)12-5-2-1-3-6-12/h1-8H,9-11H2. The van der Waals surface area contributed by atoms with Crippen molar-refractivity contribution in [1.82, 2.24) is 39.2 Å². The Hall–Kier alpha value is -3.62. The molecule has 0 spiro atoms. The summed E-state index contributed by atoms with van der Waals surface area (Å²) in [6.45, 7) is 1.55. The lowest BCUT2D eigenvalue weighted by Gasteiger charge is -2.26. The Kier molecular flexibility index (Phi) is 3.24. The van der Waals surface area contributed by atoms with Crippen LogP contribution in [0.3, 0.4) is 0 Å². The van der Waals surface area contributed by atoms with Crippen molar-refractivity contribution >= 4 is 11.7 Å². The van der Waals surface area contributed by atoms with Crippen LogP contribution in [0.25, 0.3) is 17.2 Å². The summed E-state index contributed by atoms with van der Waals surface area (Å²) in [5, 5.41) is 12.8. The molecule has 9 nitrogen and oxygen atoms in total. The van der Waals surface area contributed by atoms with Crippen molar-refractivity contribution in [3.8, 4) is 11.4 Å². The molecule has 0 aliphatic carbocycles. The molecule has 0 fully saturated rings. The van der Waals surface area contributed by atoms with Gasteiger partial charge in [0, 0.05) is 31.0 Å². The first-order chi connectivity index (χ1) is 12.8. The van der Waals surface area contributed by atoms with Crippen molar-refractivity contribution in [2.45, 2.75) is 13.1 Å². The summed E-state index contributed by atoms with van der Waals surface area (Å²) < 4.78 is 3.55. The summed E-state index contributed by atoms with van der Waals surface area (Å²) in [4.78, 5) is 22.7. The zero-order valence-electron chi connectivity index (χ0n) is 13.7. The number of aromatic nitrogens is 7. The number of rotatable bonds is 2. The van der Waals surface area contributed by atoms with Crippen LogP contribution in [-0.2, 0) is 13.1 Å². The van der Waals surface area contributed by atoms with Crippen molar-refractivity contribution in [1.29, 1.82) is 0 Å². The number of hydrogen-bond acceptors (Lipinski definition) is 6. The fourth-order valence-corrected chi connectivity index (χ4v) is 3.10. The number of hydrogen-bond donors (Lipinski definition) is 0. The van der Waals surface area contributed by atoms with Gasteiger partial charge in [-0.15, -0.1) is 15.3 Å². The summed E-state index contributed by atoms with van der Waals surface area (Å²) in [5.41, 5.74) is 1.01. The molecular weight excluding hydrogens is 332 g/mol. The fourth-order valence-electron chi connectivity index (χ4n) is 3.10. The minimum atomic E-state index is -0.231. The maximum absolute atomic E-state index is 12.8. The van der Waals surface area contributed by atoms with Crippen molar-refractivity contribution < 1.29 is 4.79 Å². The highest BCUT2D eigenvalue weighted by Gasteiger charge is 2.27. The third-order valence-electron chi connectivity index (χ3n) is 4.38. The first-order valence-electron chi connectivity index (χ1n) is 8.24. The molecule has 5 rings (SSSR count). The van der Waals surface area contributed by atoms with Gasteiger partial charge >= 0.3 is 0 Å². The Bertz CT molecular complexity index is 1070. The summed E-state index contributed by atoms with van der Waals surface area (Å²) in [6, 6.07) is 11.7. The topological polar surface area (TPSA) is 94.1 Å². The molecule has 0 saturated carbocycles. The summed E-state index contributed by atoms with van der Waals surface area (Å²) in [7, 11) is 0. The van der Waals surface area contributed by atoms with E-state index in [1.165, 1.54) is 4.52 Å². The van der Waals surface area contributed by atoms with Crippen LogP contribution in [0.4, 0.5) is 0 Å². The van der Waals surface area contributed by atoms with Gasteiger partial charge in [-0.1, -0.05) is 30.3 Å². The predicted molar refractivity (Wildman–Crippen MR) is 91.0 cm³/mol. The third kappa shape index (κ3) is 2.32. The molecule has 9 heteroatoms. The summed E-state index contributed by atoms with van der Waals surface area (Å²) >= 11 is 0. The number of nitrogens with zero attached hydrogens (tertiary/aromatic N) is 8. The Morgan fingerprint density at radius 1 is 1.04 bits per heavy atom. The number of carbonyl (C=O) groups is 1. The minimum Gasteiger partial charge on any atom is -0.327 e. The molecule has 0 radical (unpaired) electrons. The van der Waals surface area contributed by atoms with Crippen molar-refractivity contribution in [2.24, 2.45) is 0 Å². The van der Waals surface area contributed by atoms with Crippen LogP contribution in [0.2, 0.25) is 0 Å². The second-order valence-corrected chi connectivity index (χ2v) is 5.98. The second kappa shape index (κ2) is 5.73. The van der Waals surface area contributed by atoms with Crippen molar-refractivity contribution in [3.05, 3.63) is 60.4 Å². The van der Waals surface area contributed by atoms with Gasteiger partial charge in [-0.2, -0.15) is 4.98 Å². The highest BCUT2D eigenvalue weighted by atomic mass is 16.2. The monoisotopic (exact) mass is 346 g/mol. The van der Waals surface area contributed by atoms with E-state index in [1.54, 1.807) is 23.4 Å². The minimum absolute atomic E-state index is 0.139. The smallest absolute Gasteiger partial charge is 0.294 e. The van der Waals surface area contributed by atoms with E-state index in [0.29, 0.717) is 25.4 Å². The first kappa shape index (κ1) is 14.7. The van der Waals surface area contributed by atoms with Crippen LogP contribution in [0.1, 0.15) is 16.4 Å². The molecule has 26 heavy (non-hydrogen) atoms. The maximum Gasteiger partial charge on any atom is 0.294 e. The zero-order chi connectivity index (χ0) is 17.5. The molecule has 0 bridgehead atoms. The van der Waals surface area contributed by atoms with Gasteiger partial charge in [-0.3, -0.25) is 4.79 Å². The van der Waals surface area contributed by atoms with E-state index in [9.17, 15) is 4.79 Å². The van der Waals surface area contributed by atoms with E-state index in [-0.39, 0.29) is 11.7 Å². The molecule has 128 valence electrons. The van der Waals surface area contributed by atoms with Crippen LogP contribution < -0.4 is 0 Å². The molecule has 1 aliphatic rings. The largest absolute Gasteiger partial charge is 0.327 e. The van der Waals surface area contributed by atoms with E-state index in [0.717, 1.165) is 17.2 Å². The molecule has 3 aromatic heterocycles. The molecule has 4 heterocycles. The lowest BCUT2D eigenvalue weighted by molar-refractivity contribution is 0.0695. The van der Waals surface area contributed by atoms with Gasteiger partial charge in [0.25, 0.3) is 11.7 Å². The van der Waals surface area contributed by atoms with Crippen molar-refractivity contribution in [3.63, 3.8) is 0 Å². The second-order valence-electron chi connectivity index (χ2n) is 5.98. The number of carbonyl (C=O) groups excluding carboxylic acids is 1. The number of fused-ring (bicyclic) bond motifs is 2. The van der Waals surface area contributed by atoms with Gasteiger partial charge < -0.3 is 9.47 Å². The predicted octanol–water partition coefficient (Wildman–Crippen LogP) is 1.04. The fraction of sp³-hybridized carbons (Fsp3) is 0.176. The lowest BCUT2D eigenvalue weighted by Crippen LogP contribution is -2.39. The van der Waals surface area contributed by atoms with Crippen molar-refractivity contribution in [2.75, 3.05) is 6.54 Å². The molecule has 0 unspecified atom stereocenters. The zero-order valence-corrected chi connectivity index (χ0v) is 13.7. The molecule has 1 aromatic carbocycles. The Morgan fingerprint density at radius 2 is 1.92 bits per heavy atom. The van der Waals surface area contributed by atoms with E-state index in [2.05, 4.69) is 29.8 Å². The van der Waals surface area contributed by atoms with Gasteiger partial charge in [0.05, 0.1) is 6.54 Å². The average Bonchev–Trinajstić information content (AvgIpc) is 3.31. The summed E-state index contributed by atoms with van der Waals surface area (Å²) in [5.74, 6) is 1.89. The van der Waals surface area contributed by atoms with Gasteiger partial charge in [0.1, 0.15) is 0 Å². The van der Waals surface area contributed by atoms with Crippen LogP contribution in [0.15, 0.2) is 48.8 Å². The SMILES string of the molecule is O=C(c1nc2ncccn2n1)N1CCn2c(nnc2-c2ccccc2)C1. The van der Waals surface area contributed by atoms with Gasteiger partial charge in [0.15, 0.2) is 11.6 Å². The maximum atomic E-state index is 12.8. The third-order valence-corrected chi connectivity index (χ3v) is 4.38. The molecule has 0 atom stereocenters. The quantitative estimate of drug-likeness (QED) is 0.538. The van der Waals surface area contributed by atoms with E-state index < -0.39 is 0 Å². The van der Waals surface area contributed by atoms with E-state index in [4.69, 9.17) is 0 Å². The lowest BCUT2D eigenvalue weighted by atomic mass is 10.2. The van der Waals surface area contributed by atoms with E-state index in [1.807, 2.05) is 30.3 Å². The average molecular weight is 346 g/mol. The van der Waals surface area contributed by atoms with E-state index >= 15 is 0 Å². The molecule has 1 amide bonds. The van der Waals surface area contributed by atoms with Gasteiger partial charge in [0.2, 0.25) is 5.82 Å². The van der Waals surface area contributed by atoms with Gasteiger partial charge in [-0.25, -0.2) is 9.50 Å². The van der Waals surface area contributed by atoms with Crippen LogP contribution in [0, 0.1) is 0 Å². The number of benzene rings is 1. The van der Waals surface area contributed by atoms with Gasteiger partial charge in [-0.05, 0) is 6.07 Å². The molecule has 4 aromatic rings. The number of amides is 1. The highest BCUT2D eigenvalue weighted by Crippen LogP contribution is 2.22. The molecule has 1 aliphatic heterocycles. The van der Waals surface area contributed by atoms with Crippen LogP contribution >= 0.6 is 0 Å². The molecule has 0 N–H and O–H groups in total. The van der Waals surface area contributed by atoms with Crippen LogP contribution in [-0.4, -0.2) is 51.7 Å². The Labute approximate surface area is 147 Å². The Morgan fingerprint density at radius 3 is 2.77 bits per heavy atom. The Balaban J connectivity index is 1.42. The normalized spacial score (nSPS) is 13.8.